The molecule has 1 aromatic rings. The molecule has 7 heteroatoms. The summed E-state index contributed by atoms with van der Waals surface area (Å²) in [7, 11) is 0. The summed E-state index contributed by atoms with van der Waals surface area (Å²) in [6.07, 6.45) is 0. The SMILES string of the molecule is CC([Se]c1ccccc1)([N+](=O)[O-])[N+](=O)[O-]. The van der Waals surface area contributed by atoms with Crippen LogP contribution in [0, 0.1) is 20.2 Å². The number of benzene rings is 1. The quantitative estimate of drug-likeness (QED) is 0.341. The fourth-order valence-corrected chi connectivity index (χ4v) is 2.72. The van der Waals surface area contributed by atoms with Crippen LogP contribution >= 0.6 is 0 Å². The van der Waals surface area contributed by atoms with Crippen LogP contribution in [0.15, 0.2) is 30.3 Å². The molecule has 15 heavy (non-hydrogen) atoms. The van der Waals surface area contributed by atoms with Crippen molar-refractivity contribution in [1.29, 1.82) is 0 Å². The van der Waals surface area contributed by atoms with Crippen LogP contribution in [0.4, 0.5) is 0 Å². The Hall–Kier alpha value is -1.46. The van der Waals surface area contributed by atoms with Gasteiger partial charge in [-0.2, -0.15) is 0 Å². The van der Waals surface area contributed by atoms with Crippen LogP contribution in [0.2, 0.25) is 0 Å². The third-order valence-electron chi connectivity index (χ3n) is 1.73. The van der Waals surface area contributed by atoms with E-state index in [9.17, 15) is 20.2 Å². The molecule has 0 aliphatic heterocycles. The third-order valence-corrected chi connectivity index (χ3v) is 4.23. The van der Waals surface area contributed by atoms with Crippen molar-refractivity contribution in [1.82, 2.24) is 0 Å². The average Bonchev–Trinajstić information content (AvgIpc) is 2.18. The van der Waals surface area contributed by atoms with Gasteiger partial charge in [0.25, 0.3) is 0 Å². The summed E-state index contributed by atoms with van der Waals surface area (Å²) in [4.78, 5) is 19.6. The summed E-state index contributed by atoms with van der Waals surface area (Å²) >= 11 is -0.832. The maximum atomic E-state index is 10.6. The molecular weight excluding hydrogens is 267 g/mol. The number of nitrogens with zero attached hydrogens (tertiary/aromatic N) is 2. The standard InChI is InChI=1S/C8H8N2O4Se/c1-8(9(11)12,10(13)14)15-7-5-3-2-4-6-7/h2-6H,1H3. The van der Waals surface area contributed by atoms with E-state index in [0.717, 1.165) is 6.92 Å². The molecule has 1 rings (SSSR count). The molecule has 0 N–H and O–H groups in total. The first-order valence-electron chi connectivity index (χ1n) is 4.00. The minimum atomic E-state index is -2.09. The number of hydrogen-bond acceptors (Lipinski definition) is 4. The fourth-order valence-electron chi connectivity index (χ4n) is 0.853. The second-order valence-corrected chi connectivity index (χ2v) is 5.90. The van der Waals surface area contributed by atoms with Crippen LogP contribution in [-0.2, 0) is 0 Å². The Bertz CT molecular complexity index is 367. The molecule has 0 aromatic heterocycles. The van der Waals surface area contributed by atoms with Gasteiger partial charge in [0, 0.05) is 0 Å². The van der Waals surface area contributed by atoms with Crippen LogP contribution in [0.3, 0.4) is 0 Å². The Morgan fingerprint density at radius 3 is 2.00 bits per heavy atom. The number of nitro groups is 2. The molecule has 0 atom stereocenters. The van der Waals surface area contributed by atoms with E-state index in [1.54, 1.807) is 30.3 Å². The Morgan fingerprint density at radius 1 is 1.13 bits per heavy atom. The molecule has 0 bridgehead atoms. The van der Waals surface area contributed by atoms with E-state index >= 15 is 0 Å². The first-order valence-corrected chi connectivity index (χ1v) is 5.71. The molecule has 0 saturated carbocycles. The first-order chi connectivity index (χ1) is 6.97. The molecule has 0 amide bonds. The zero-order valence-electron chi connectivity index (χ0n) is 7.82. The van der Waals surface area contributed by atoms with Gasteiger partial charge in [0.05, 0.1) is 0 Å². The van der Waals surface area contributed by atoms with Gasteiger partial charge in [0.2, 0.25) is 0 Å². The Kier molecular flexibility index (Phi) is 3.39. The zero-order chi connectivity index (χ0) is 11.5. The van der Waals surface area contributed by atoms with Gasteiger partial charge in [-0.15, -0.1) is 0 Å². The molecule has 6 nitrogen and oxygen atoms in total. The van der Waals surface area contributed by atoms with Crippen LogP contribution in [-0.4, -0.2) is 29.4 Å². The monoisotopic (exact) mass is 276 g/mol. The summed E-state index contributed by atoms with van der Waals surface area (Å²) in [6.45, 7) is 1.04. The minimum absolute atomic E-state index is 0.640. The van der Waals surface area contributed by atoms with Crippen molar-refractivity contribution in [3.05, 3.63) is 50.6 Å². The predicted molar refractivity (Wildman–Crippen MR) is 54.2 cm³/mol. The zero-order valence-corrected chi connectivity index (χ0v) is 9.54. The molecule has 0 aliphatic rings. The van der Waals surface area contributed by atoms with E-state index in [2.05, 4.69) is 0 Å². The van der Waals surface area contributed by atoms with Crippen LogP contribution in [0.25, 0.3) is 0 Å². The van der Waals surface area contributed by atoms with Gasteiger partial charge in [-0.1, -0.05) is 0 Å². The fraction of sp³-hybridized carbons (Fsp3) is 0.250. The topological polar surface area (TPSA) is 86.3 Å². The van der Waals surface area contributed by atoms with E-state index in [-0.39, 0.29) is 0 Å². The number of hydrogen-bond donors (Lipinski definition) is 0. The summed E-state index contributed by atoms with van der Waals surface area (Å²) in [5.74, 6) is 0. The van der Waals surface area contributed by atoms with E-state index in [4.69, 9.17) is 0 Å². The van der Waals surface area contributed by atoms with Crippen molar-refractivity contribution in [2.45, 2.75) is 11.5 Å². The maximum absolute atomic E-state index is 10.6. The van der Waals surface area contributed by atoms with Crippen molar-refractivity contribution in [3.8, 4) is 0 Å². The average molecular weight is 275 g/mol. The summed E-state index contributed by atoms with van der Waals surface area (Å²) < 4.78 is -1.45. The van der Waals surface area contributed by atoms with Gasteiger partial charge in [-0.05, 0) is 0 Å². The predicted octanol–water partition coefficient (Wildman–Crippen LogP) is 0.243. The Morgan fingerprint density at radius 2 is 1.60 bits per heavy atom. The Labute approximate surface area is 91.7 Å². The summed E-state index contributed by atoms with van der Waals surface area (Å²) in [6, 6.07) is 8.49. The summed E-state index contributed by atoms with van der Waals surface area (Å²) in [5.41, 5.74) is 0. The van der Waals surface area contributed by atoms with Crippen molar-refractivity contribution in [2.24, 2.45) is 0 Å². The van der Waals surface area contributed by atoms with Gasteiger partial charge in [0.15, 0.2) is 0 Å². The van der Waals surface area contributed by atoms with Gasteiger partial charge in [-0.25, -0.2) is 0 Å². The third kappa shape index (κ3) is 2.51. The molecule has 0 heterocycles. The molecule has 0 saturated heterocycles. The van der Waals surface area contributed by atoms with Crippen LogP contribution < -0.4 is 4.46 Å². The van der Waals surface area contributed by atoms with Crippen molar-refractivity contribution in [2.75, 3.05) is 0 Å². The van der Waals surface area contributed by atoms with Gasteiger partial charge in [-0.3, -0.25) is 0 Å². The molecular formula is C8H8N2O4Se. The molecule has 0 spiro atoms. The number of rotatable bonds is 4. The Balaban J connectivity index is 2.95. The van der Waals surface area contributed by atoms with Gasteiger partial charge in [0.1, 0.15) is 0 Å². The van der Waals surface area contributed by atoms with E-state index in [0.29, 0.717) is 4.46 Å². The second kappa shape index (κ2) is 4.37. The molecule has 0 fully saturated rings. The van der Waals surface area contributed by atoms with Gasteiger partial charge < -0.3 is 0 Å². The van der Waals surface area contributed by atoms with Crippen LogP contribution in [0.1, 0.15) is 6.92 Å². The molecule has 1 aromatic carbocycles. The first kappa shape index (κ1) is 11.6. The van der Waals surface area contributed by atoms with Gasteiger partial charge >= 0.3 is 91.3 Å². The van der Waals surface area contributed by atoms with Crippen LogP contribution in [0.5, 0.6) is 0 Å². The van der Waals surface area contributed by atoms with Crippen molar-refractivity contribution in [3.63, 3.8) is 0 Å². The van der Waals surface area contributed by atoms with E-state index < -0.39 is 29.4 Å². The van der Waals surface area contributed by atoms with E-state index in [1.165, 1.54) is 0 Å². The molecule has 0 radical (unpaired) electrons. The molecule has 80 valence electrons. The van der Waals surface area contributed by atoms with E-state index in [1.807, 2.05) is 0 Å². The molecule has 0 unspecified atom stereocenters. The normalized spacial score (nSPS) is 11.0. The summed E-state index contributed by atoms with van der Waals surface area (Å²) in [5, 5.41) is 21.3. The van der Waals surface area contributed by atoms with Crippen molar-refractivity contribution >= 4 is 19.4 Å². The molecule has 0 aliphatic carbocycles. The van der Waals surface area contributed by atoms with Crippen molar-refractivity contribution < 1.29 is 9.85 Å². The second-order valence-electron chi connectivity index (χ2n) is 2.86.